The topological polar surface area (TPSA) is 158 Å². The molecule has 2 spiro atoms. The van der Waals surface area contributed by atoms with Gasteiger partial charge in [-0.25, -0.2) is 48.9 Å². The van der Waals surface area contributed by atoms with Crippen LogP contribution in [0.2, 0.25) is 0 Å². The van der Waals surface area contributed by atoms with E-state index in [4.69, 9.17) is 0 Å². The summed E-state index contributed by atoms with van der Waals surface area (Å²) in [5.41, 5.74) is 7.19. The summed E-state index contributed by atoms with van der Waals surface area (Å²) in [4.78, 5) is 22.2. The molecule has 1 N–H and O–H groups in total. The van der Waals surface area contributed by atoms with Crippen molar-refractivity contribution < 1.29 is 72.9 Å². The molecule has 1 fully saturated rings. The summed E-state index contributed by atoms with van der Waals surface area (Å²) in [5.74, 6) is -22.0. The first-order valence-electron chi connectivity index (χ1n) is 35.0. The van der Waals surface area contributed by atoms with Gasteiger partial charge in [-0.2, -0.15) is 21.0 Å². The molecule has 8 aromatic carbocycles. The molecule has 9 aromatic rings. The number of halogens is 10. The van der Waals surface area contributed by atoms with E-state index in [9.17, 15) is 70.1 Å². The van der Waals surface area contributed by atoms with Gasteiger partial charge in [0, 0.05) is 116 Å². The SMILES string of the molecule is CN(C)C1=CC2=C3C=C(N(C)C)C=CN3CCCN2C=C1.CN1c2ccccc2N(C)C12CCCCC21N(C)c2ccccc2N1C.N#CC(C#N)=C1c2cc(-c3c(F)c(F)c(F)c(F)c3F)ccc2-c2cc3c(cc21)-c1ccc(-c2c(F)c(F)c(F)c(F)c2F)cc1C3=C(C#N)C#N.[Li+].[O-]c1cccc2ccc[nH+]c12. The van der Waals surface area contributed by atoms with Gasteiger partial charge in [0.2, 0.25) is 17.2 Å². The largest absolute Gasteiger partial charge is 1.00 e. The number of nitriles is 4. The van der Waals surface area contributed by atoms with E-state index in [1.165, 1.54) is 82.6 Å². The van der Waals surface area contributed by atoms with Gasteiger partial charge in [-0.15, -0.1) is 0 Å². The number of nitrogens with one attached hydrogen (secondary N) is 1. The van der Waals surface area contributed by atoms with Crippen LogP contribution in [0.3, 0.4) is 0 Å². The normalized spacial score (nSPS) is 15.7. The minimum Gasteiger partial charge on any atom is -0.868 e. The van der Waals surface area contributed by atoms with Crippen LogP contribution in [0.5, 0.6) is 5.75 Å². The molecule has 5 aliphatic heterocycles. The van der Waals surface area contributed by atoms with E-state index in [-0.39, 0.29) is 91.6 Å². The van der Waals surface area contributed by atoms with E-state index in [2.05, 4.69) is 186 Å². The van der Waals surface area contributed by atoms with Crippen molar-refractivity contribution in [2.75, 3.05) is 89.1 Å². The fourth-order valence-electron chi connectivity index (χ4n) is 16.7. The van der Waals surface area contributed by atoms with Gasteiger partial charge < -0.3 is 44.3 Å². The molecule has 552 valence electrons. The maximum atomic E-state index is 14.8. The number of aromatic amines is 1. The summed E-state index contributed by atoms with van der Waals surface area (Å²) in [6.07, 6.45) is 21.2. The van der Waals surface area contributed by atoms with Gasteiger partial charge in [0.15, 0.2) is 64.1 Å². The number of fused-ring (bicyclic) bond motifs is 12. The van der Waals surface area contributed by atoms with Gasteiger partial charge in [-0.05, 0) is 178 Å². The Morgan fingerprint density at radius 1 is 0.423 bits per heavy atom. The molecule has 0 bridgehead atoms. The summed E-state index contributed by atoms with van der Waals surface area (Å²) in [6, 6.07) is 43.0. The van der Waals surface area contributed by atoms with Gasteiger partial charge >= 0.3 is 18.9 Å². The summed E-state index contributed by atoms with van der Waals surface area (Å²) in [6.45, 7) is 2.14. The van der Waals surface area contributed by atoms with Crippen LogP contribution in [0.15, 0.2) is 204 Å². The zero-order valence-corrected chi connectivity index (χ0v) is 61.7. The Kier molecular flexibility index (Phi) is 20.5. The Morgan fingerprint density at radius 2 is 0.775 bits per heavy atom. The zero-order valence-electron chi connectivity index (χ0n) is 61.7. The maximum absolute atomic E-state index is 14.8. The third kappa shape index (κ3) is 12.1. The average Bonchev–Trinajstić information content (AvgIpc) is 1.50. The number of nitrogens with zero attached hydrogens (tertiary/aromatic N) is 12. The second-order valence-electron chi connectivity index (χ2n) is 27.8. The summed E-state index contributed by atoms with van der Waals surface area (Å²) in [7, 11) is 17.5. The number of pyridine rings is 1. The molecule has 25 heteroatoms. The van der Waals surface area contributed by atoms with E-state index in [1.54, 1.807) is 42.6 Å². The first-order chi connectivity index (χ1) is 52.8. The molecule has 8 aliphatic rings. The second kappa shape index (κ2) is 29.8. The molecule has 0 atom stereocenters. The second-order valence-corrected chi connectivity index (χ2v) is 27.8. The molecule has 111 heavy (non-hydrogen) atoms. The Labute approximate surface area is 646 Å². The molecule has 0 radical (unpaired) electrons. The van der Waals surface area contributed by atoms with Crippen LogP contribution in [-0.2, 0) is 0 Å². The molecular formula is C86H67F10LiN13O+. The van der Waals surface area contributed by atoms with Gasteiger partial charge in [0.05, 0.1) is 45.3 Å². The van der Waals surface area contributed by atoms with Crippen molar-refractivity contribution in [2.45, 2.75) is 43.4 Å². The average molecular weight is 1500 g/mol. The Bertz CT molecular complexity index is 5370. The van der Waals surface area contributed by atoms with Crippen molar-refractivity contribution >= 4 is 44.8 Å². The van der Waals surface area contributed by atoms with Crippen LogP contribution >= 0.6 is 0 Å². The molecule has 1 saturated carbocycles. The summed E-state index contributed by atoms with van der Waals surface area (Å²) in [5, 5.41) is 51.6. The van der Waals surface area contributed by atoms with E-state index < -0.39 is 91.6 Å². The first-order valence-corrected chi connectivity index (χ1v) is 35.0. The number of H-pyrrole nitrogens is 1. The number of rotatable bonds is 4. The number of hydrogen-bond acceptors (Lipinski definition) is 13. The molecule has 0 amide bonds. The summed E-state index contributed by atoms with van der Waals surface area (Å²) < 4.78 is 143. The maximum Gasteiger partial charge on any atom is 1.00 e. The number of allylic oxidation sites excluding steroid dienone is 6. The molecule has 14 nitrogen and oxygen atoms in total. The Balaban J connectivity index is 0.000000150. The molecule has 3 aliphatic carbocycles. The van der Waals surface area contributed by atoms with Crippen LogP contribution in [0.25, 0.3) is 66.6 Å². The number of benzene rings is 8. The monoisotopic (exact) mass is 1490 g/mol. The van der Waals surface area contributed by atoms with Crippen molar-refractivity contribution in [1.29, 1.82) is 21.0 Å². The van der Waals surface area contributed by atoms with Crippen molar-refractivity contribution in [3.63, 3.8) is 0 Å². The van der Waals surface area contributed by atoms with E-state index in [1.807, 2.05) is 18.2 Å². The van der Waals surface area contributed by atoms with Crippen molar-refractivity contribution in [1.82, 2.24) is 19.6 Å². The van der Waals surface area contributed by atoms with E-state index in [0.717, 1.165) is 62.0 Å². The standard InChI is InChI=1S/C38H8F10N4.C22H28N4.C17H24N4.C9H7NO.Li/c39-29-27(30(40)34(44)37(47)33(29)43)13-1-3-17-19-7-24-20(8-23(19)25(21(17)5-13)15(9-49)10-50)18-4-2-14(6-22(18)26(24)16(11-51)12-52)28-31(41)35(45)38(48)36(46)32(28)42;1-23-17-11-5-6-12-18(17)24(2)21(23)15-9-10-16-22(21)25(3)19-13-7-8-14-20(19)26(22)4;1-18(2)14-6-10-20-8-5-9-21-11-7-15(19(3)4)13-17(21)16(20)12-14;11-8-5-1-3-7-4-2-6-10-9(7)8;/h1-8H;5-8,11-14H,9-10,15-16H2,1-4H3;6-7,10-13H,5,8-9H2,1-4H3;1-6,11H;/q;;;;+1. The fraction of sp³-hybridized carbons (Fsp3) is 0.198. The van der Waals surface area contributed by atoms with E-state index in [0.29, 0.717) is 5.52 Å². The smallest absolute Gasteiger partial charge is 0.868 e. The molecule has 17 rings (SSSR count). The number of anilines is 4. The minimum atomic E-state index is -2.38. The number of likely N-dealkylation sites (N-methyl/N-ethyl adjacent to an activating group) is 6. The van der Waals surface area contributed by atoms with Crippen molar-refractivity contribution in [2.24, 2.45) is 0 Å². The van der Waals surface area contributed by atoms with Gasteiger partial charge in [-0.1, -0.05) is 60.7 Å². The Hall–Kier alpha value is -12.6. The van der Waals surface area contributed by atoms with Gasteiger partial charge in [-0.3, -0.25) is 0 Å². The quantitative estimate of drug-likeness (QED) is 0.0539. The van der Waals surface area contributed by atoms with Crippen LogP contribution < -0.4 is 48.6 Å². The Morgan fingerprint density at radius 3 is 1.13 bits per heavy atom. The van der Waals surface area contributed by atoms with Crippen molar-refractivity contribution in [3.05, 3.63) is 285 Å². The van der Waals surface area contributed by atoms with Crippen molar-refractivity contribution in [3.8, 4) is 74.5 Å². The van der Waals surface area contributed by atoms with Crippen LogP contribution in [0, 0.1) is 103 Å². The molecule has 0 saturated heterocycles. The number of hydrogen-bond donors (Lipinski definition) is 0. The summed E-state index contributed by atoms with van der Waals surface area (Å²) >= 11 is 0. The number of aromatic nitrogens is 1. The first kappa shape index (κ1) is 76.6. The van der Waals surface area contributed by atoms with Gasteiger partial charge in [0.1, 0.15) is 35.4 Å². The minimum absolute atomic E-state index is 0. The third-order valence-corrected chi connectivity index (χ3v) is 22.0. The third-order valence-electron chi connectivity index (χ3n) is 22.0. The predicted octanol–water partition coefficient (Wildman–Crippen LogP) is 14.1. The molecule has 0 unspecified atom stereocenters. The molecule has 1 aromatic heterocycles. The van der Waals surface area contributed by atoms with Crippen LogP contribution in [0.4, 0.5) is 66.7 Å². The van der Waals surface area contributed by atoms with Gasteiger partial charge in [0.25, 0.3) is 0 Å². The van der Waals surface area contributed by atoms with Crippen LogP contribution in [-0.4, -0.2) is 100 Å². The molecular weight excluding hydrogens is 1430 g/mol. The molecule has 6 heterocycles. The predicted molar refractivity (Wildman–Crippen MR) is 400 cm³/mol. The fourth-order valence-corrected chi connectivity index (χ4v) is 16.7. The number of para-hydroxylation sites is 5. The zero-order chi connectivity index (χ0) is 78.3. The van der Waals surface area contributed by atoms with Crippen LogP contribution in [0.1, 0.15) is 54.4 Å². The van der Waals surface area contributed by atoms with E-state index >= 15 is 0 Å².